The van der Waals surface area contributed by atoms with Crippen LogP contribution in [0.2, 0.25) is 0 Å². The number of carbonyl (C=O) groups excluding carboxylic acids is 1. The predicted octanol–water partition coefficient (Wildman–Crippen LogP) is 1.63. The lowest BCUT2D eigenvalue weighted by Gasteiger charge is -2.05. The lowest BCUT2D eigenvalue weighted by molar-refractivity contribution is 0.0594. The van der Waals surface area contributed by atoms with Gasteiger partial charge in [0.15, 0.2) is 0 Å². The number of benzene rings is 1. The van der Waals surface area contributed by atoms with E-state index < -0.39 is 11.8 Å². The Morgan fingerprint density at radius 2 is 2.15 bits per heavy atom. The molecule has 0 unspecified atom stereocenters. The molecule has 0 radical (unpaired) electrons. The first-order chi connectivity index (χ1) is 6.06. The van der Waals surface area contributed by atoms with Crippen molar-refractivity contribution in [2.75, 3.05) is 7.11 Å². The fourth-order valence-corrected chi connectivity index (χ4v) is 1.09. The second-order valence-electron chi connectivity index (χ2n) is 2.61. The summed E-state index contributed by atoms with van der Waals surface area (Å²) in [5, 5.41) is 8.98. The number of phenolic OH excluding ortho intramolecular Hbond substituents is 1. The highest BCUT2D eigenvalue weighted by Crippen LogP contribution is 2.20. The Morgan fingerprint density at radius 1 is 1.54 bits per heavy atom. The zero-order chi connectivity index (χ0) is 10.0. The topological polar surface area (TPSA) is 46.5 Å². The molecule has 0 aliphatic rings. The number of hydrogen-bond donors (Lipinski definition) is 1. The van der Waals surface area contributed by atoms with E-state index in [-0.39, 0.29) is 11.3 Å². The molecule has 0 amide bonds. The highest BCUT2D eigenvalue weighted by atomic mass is 19.1. The molecule has 70 valence electrons. The fourth-order valence-electron chi connectivity index (χ4n) is 1.09. The lowest BCUT2D eigenvalue weighted by Crippen LogP contribution is -2.06. The maximum Gasteiger partial charge on any atom is 0.341 e. The number of hydrogen-bond acceptors (Lipinski definition) is 3. The van der Waals surface area contributed by atoms with Crippen molar-refractivity contribution in [2.24, 2.45) is 0 Å². The number of esters is 1. The van der Waals surface area contributed by atoms with Crippen molar-refractivity contribution < 1.29 is 19.0 Å². The molecule has 1 aromatic rings. The summed E-state index contributed by atoms with van der Waals surface area (Å²) in [5.74, 6) is -1.72. The molecule has 4 heteroatoms. The van der Waals surface area contributed by atoms with Crippen LogP contribution in [0.1, 0.15) is 15.9 Å². The van der Waals surface area contributed by atoms with Crippen molar-refractivity contribution in [2.45, 2.75) is 6.92 Å². The Labute approximate surface area is 74.8 Å². The molecule has 0 aliphatic carbocycles. The van der Waals surface area contributed by atoms with E-state index in [2.05, 4.69) is 4.74 Å². The Balaban J connectivity index is 3.28. The lowest BCUT2D eigenvalue weighted by atomic mass is 10.1. The second-order valence-corrected chi connectivity index (χ2v) is 2.61. The third-order valence-electron chi connectivity index (χ3n) is 1.66. The molecule has 1 N–H and O–H groups in total. The van der Waals surface area contributed by atoms with Crippen molar-refractivity contribution in [1.82, 2.24) is 0 Å². The number of halogens is 1. The molecule has 0 saturated carbocycles. The Kier molecular flexibility index (Phi) is 2.51. The quantitative estimate of drug-likeness (QED) is 0.674. The van der Waals surface area contributed by atoms with Gasteiger partial charge < -0.3 is 9.84 Å². The van der Waals surface area contributed by atoms with E-state index in [1.54, 1.807) is 0 Å². The third kappa shape index (κ3) is 1.77. The number of ether oxygens (including phenoxy) is 1. The minimum atomic E-state index is -0.774. The van der Waals surface area contributed by atoms with Crippen LogP contribution in [0, 0.1) is 12.7 Å². The number of methoxy groups -OCH3 is 1. The number of aryl methyl sites for hydroxylation is 1. The van der Waals surface area contributed by atoms with Crippen LogP contribution < -0.4 is 0 Å². The van der Waals surface area contributed by atoms with Crippen LogP contribution in [0.5, 0.6) is 5.75 Å². The largest absolute Gasteiger partial charge is 0.508 e. The molecule has 3 nitrogen and oxygen atoms in total. The monoisotopic (exact) mass is 184 g/mol. The summed E-state index contributed by atoms with van der Waals surface area (Å²) in [5.41, 5.74) is 0.213. The summed E-state index contributed by atoms with van der Waals surface area (Å²) >= 11 is 0. The Bertz CT molecular complexity index is 324. The Morgan fingerprint density at radius 3 is 2.62 bits per heavy atom. The molecule has 0 spiro atoms. The van der Waals surface area contributed by atoms with Crippen LogP contribution in [0.15, 0.2) is 12.1 Å². The van der Waals surface area contributed by atoms with Crippen LogP contribution in [0.4, 0.5) is 4.39 Å². The van der Waals surface area contributed by atoms with Crippen LogP contribution >= 0.6 is 0 Å². The van der Waals surface area contributed by atoms with Gasteiger partial charge in [0.2, 0.25) is 0 Å². The smallest absolute Gasteiger partial charge is 0.341 e. The molecule has 0 saturated heterocycles. The molecular weight excluding hydrogens is 175 g/mol. The molecule has 1 rings (SSSR count). The van der Waals surface area contributed by atoms with Crippen LogP contribution in [0.25, 0.3) is 0 Å². The zero-order valence-electron chi connectivity index (χ0n) is 7.30. The van der Waals surface area contributed by atoms with Gasteiger partial charge in [-0.2, -0.15) is 0 Å². The molecule has 0 atom stereocenters. The van der Waals surface area contributed by atoms with Crippen molar-refractivity contribution in [3.05, 3.63) is 29.1 Å². The summed E-state index contributed by atoms with van der Waals surface area (Å²) in [6.45, 7) is 1.52. The standard InChI is InChI=1S/C9H9FO3/c1-5-3-6(11)4-7(10)8(5)9(12)13-2/h3-4,11H,1-2H3. The summed E-state index contributed by atoms with van der Waals surface area (Å²) < 4.78 is 17.5. The molecule has 0 aromatic heterocycles. The van der Waals surface area contributed by atoms with Gasteiger partial charge in [-0.15, -0.1) is 0 Å². The van der Waals surface area contributed by atoms with E-state index in [1.807, 2.05) is 0 Å². The summed E-state index contributed by atoms with van der Waals surface area (Å²) in [6.07, 6.45) is 0. The molecule has 0 aliphatic heterocycles. The fraction of sp³-hybridized carbons (Fsp3) is 0.222. The van der Waals surface area contributed by atoms with Crippen molar-refractivity contribution in [3.63, 3.8) is 0 Å². The second kappa shape index (κ2) is 3.43. The van der Waals surface area contributed by atoms with Crippen LogP contribution in [0.3, 0.4) is 0 Å². The van der Waals surface area contributed by atoms with E-state index in [1.165, 1.54) is 20.1 Å². The molecule has 13 heavy (non-hydrogen) atoms. The first kappa shape index (κ1) is 9.51. The van der Waals surface area contributed by atoms with Gasteiger partial charge in [0.1, 0.15) is 11.6 Å². The van der Waals surface area contributed by atoms with Gasteiger partial charge >= 0.3 is 5.97 Å². The molecule has 0 fully saturated rings. The van der Waals surface area contributed by atoms with Gasteiger partial charge in [0.25, 0.3) is 0 Å². The van der Waals surface area contributed by atoms with E-state index >= 15 is 0 Å². The van der Waals surface area contributed by atoms with Gasteiger partial charge in [0, 0.05) is 6.07 Å². The molecule has 1 aromatic carbocycles. The summed E-state index contributed by atoms with van der Waals surface area (Å²) in [4.78, 5) is 11.0. The maximum absolute atomic E-state index is 13.1. The number of rotatable bonds is 1. The van der Waals surface area contributed by atoms with Gasteiger partial charge in [-0.25, -0.2) is 9.18 Å². The highest BCUT2D eigenvalue weighted by molar-refractivity contribution is 5.91. The summed E-state index contributed by atoms with van der Waals surface area (Å²) in [6, 6.07) is 2.18. The van der Waals surface area contributed by atoms with Gasteiger partial charge in [-0.05, 0) is 18.6 Å². The molecule has 0 bridgehead atoms. The third-order valence-corrected chi connectivity index (χ3v) is 1.66. The zero-order valence-corrected chi connectivity index (χ0v) is 7.30. The average Bonchev–Trinajstić information content (AvgIpc) is 2.02. The highest BCUT2D eigenvalue weighted by Gasteiger charge is 2.15. The van der Waals surface area contributed by atoms with Crippen LogP contribution in [-0.2, 0) is 4.74 Å². The van der Waals surface area contributed by atoms with Crippen molar-refractivity contribution in [3.8, 4) is 5.75 Å². The van der Waals surface area contributed by atoms with Gasteiger partial charge in [-0.3, -0.25) is 0 Å². The first-order valence-corrected chi connectivity index (χ1v) is 3.63. The van der Waals surface area contributed by atoms with Crippen molar-refractivity contribution >= 4 is 5.97 Å². The number of phenols is 1. The predicted molar refractivity (Wildman–Crippen MR) is 44.1 cm³/mol. The minimum Gasteiger partial charge on any atom is -0.508 e. The van der Waals surface area contributed by atoms with Gasteiger partial charge in [-0.1, -0.05) is 0 Å². The van der Waals surface area contributed by atoms with E-state index in [0.717, 1.165) is 6.07 Å². The van der Waals surface area contributed by atoms with E-state index in [4.69, 9.17) is 5.11 Å². The first-order valence-electron chi connectivity index (χ1n) is 3.63. The minimum absolute atomic E-state index is 0.139. The molecular formula is C9H9FO3. The summed E-state index contributed by atoms with van der Waals surface area (Å²) in [7, 11) is 1.17. The SMILES string of the molecule is COC(=O)c1c(C)cc(O)cc1F. The number of carbonyl (C=O) groups is 1. The van der Waals surface area contributed by atoms with E-state index in [9.17, 15) is 9.18 Å². The maximum atomic E-state index is 13.1. The van der Waals surface area contributed by atoms with E-state index in [0.29, 0.717) is 5.56 Å². The van der Waals surface area contributed by atoms with Crippen molar-refractivity contribution in [1.29, 1.82) is 0 Å². The normalized spacial score (nSPS) is 9.77. The van der Waals surface area contributed by atoms with Gasteiger partial charge in [0.05, 0.1) is 12.7 Å². The number of aromatic hydroxyl groups is 1. The Hall–Kier alpha value is -1.58. The molecule has 0 heterocycles. The van der Waals surface area contributed by atoms with Crippen LogP contribution in [-0.4, -0.2) is 18.2 Å². The average molecular weight is 184 g/mol.